The molecule has 2 rings (SSSR count). The van der Waals surface area contributed by atoms with Gasteiger partial charge >= 0.3 is 5.97 Å². The first-order valence-corrected chi connectivity index (χ1v) is 7.10. The summed E-state index contributed by atoms with van der Waals surface area (Å²) in [5.74, 6) is 0.0677. The Morgan fingerprint density at radius 2 is 1.67 bits per heavy atom. The quantitative estimate of drug-likeness (QED) is 0.577. The molecular weight excluding hydrogens is 335 g/mol. The van der Waals surface area contributed by atoms with E-state index < -0.39 is 0 Å². The molecule has 0 saturated heterocycles. The maximum Gasteiger partial charge on any atom is 0.337 e. The van der Waals surface area contributed by atoms with Gasteiger partial charge in [0.2, 0.25) is 0 Å². The van der Waals surface area contributed by atoms with E-state index in [0.29, 0.717) is 22.9 Å². The van der Waals surface area contributed by atoms with E-state index in [1.54, 1.807) is 36.4 Å². The molecule has 110 valence electrons. The Labute approximate surface area is 137 Å². The van der Waals surface area contributed by atoms with Crippen LogP contribution in [0.1, 0.15) is 15.9 Å². The molecule has 6 heteroatoms. The summed E-state index contributed by atoms with van der Waals surface area (Å²) in [4.78, 5) is 11.3. The Morgan fingerprint density at radius 3 is 2.29 bits per heavy atom. The average Bonchev–Trinajstić information content (AvgIpc) is 2.52. The Bertz CT molecular complexity index is 654. The predicted octanol–water partition coefficient (Wildman–Crippen LogP) is 5.01. The molecule has 0 N–H and O–H groups in total. The van der Waals surface area contributed by atoms with Gasteiger partial charge in [-0.15, -0.1) is 0 Å². The summed E-state index contributed by atoms with van der Waals surface area (Å²) >= 11 is 17.8. The molecule has 0 amide bonds. The number of methoxy groups -OCH3 is 1. The van der Waals surface area contributed by atoms with Crippen molar-refractivity contribution in [1.82, 2.24) is 0 Å². The number of hydrogen-bond acceptors (Lipinski definition) is 3. The Morgan fingerprint density at radius 1 is 1.00 bits per heavy atom. The molecule has 2 aromatic carbocycles. The first kappa shape index (κ1) is 16.0. The SMILES string of the molecule is COC(=O)c1ccc(COc2ccc(Cl)c(Cl)c2Cl)cc1. The molecule has 0 unspecified atom stereocenters. The molecule has 3 nitrogen and oxygen atoms in total. The molecule has 0 radical (unpaired) electrons. The second-order valence-electron chi connectivity index (χ2n) is 4.15. The first-order valence-electron chi connectivity index (χ1n) is 5.96. The Balaban J connectivity index is 2.07. The van der Waals surface area contributed by atoms with Gasteiger partial charge in [0.05, 0.1) is 22.7 Å². The highest BCUT2D eigenvalue weighted by Gasteiger charge is 2.10. The lowest BCUT2D eigenvalue weighted by Crippen LogP contribution is -2.02. The van der Waals surface area contributed by atoms with E-state index in [2.05, 4.69) is 4.74 Å². The van der Waals surface area contributed by atoms with Crippen LogP contribution in [0.5, 0.6) is 5.75 Å². The summed E-state index contributed by atoms with van der Waals surface area (Å²) in [5.41, 5.74) is 1.36. The fourth-order valence-electron chi connectivity index (χ4n) is 1.64. The zero-order valence-corrected chi connectivity index (χ0v) is 13.3. The van der Waals surface area contributed by atoms with Gasteiger partial charge in [0.1, 0.15) is 17.4 Å². The monoisotopic (exact) mass is 344 g/mol. The number of carbonyl (C=O) groups is 1. The van der Waals surface area contributed by atoms with Gasteiger partial charge in [-0.05, 0) is 29.8 Å². The molecule has 0 spiro atoms. The Hall–Kier alpha value is -1.42. The van der Waals surface area contributed by atoms with Gasteiger partial charge in [-0.2, -0.15) is 0 Å². The summed E-state index contributed by atoms with van der Waals surface area (Å²) in [7, 11) is 1.34. The van der Waals surface area contributed by atoms with Gasteiger partial charge in [-0.25, -0.2) is 4.79 Å². The van der Waals surface area contributed by atoms with E-state index in [1.807, 2.05) is 0 Å². The molecule has 0 heterocycles. The van der Waals surface area contributed by atoms with Crippen molar-refractivity contribution in [2.24, 2.45) is 0 Å². The molecule has 0 bridgehead atoms. The van der Waals surface area contributed by atoms with Crippen LogP contribution in [0, 0.1) is 0 Å². The van der Waals surface area contributed by atoms with E-state index in [0.717, 1.165) is 5.56 Å². The Kier molecular flexibility index (Phi) is 5.34. The molecule has 21 heavy (non-hydrogen) atoms. The maximum atomic E-state index is 11.3. The molecule has 0 saturated carbocycles. The molecule has 0 aliphatic heterocycles. The summed E-state index contributed by atoms with van der Waals surface area (Å²) in [5, 5.41) is 0.906. The van der Waals surface area contributed by atoms with Gasteiger partial charge in [-0.3, -0.25) is 0 Å². The number of esters is 1. The van der Waals surface area contributed by atoms with Crippen LogP contribution in [0.25, 0.3) is 0 Å². The standard InChI is InChI=1S/C15H11Cl3O3/c1-20-15(19)10-4-2-9(3-5-10)8-21-12-7-6-11(16)13(17)14(12)18/h2-7H,8H2,1H3. The molecular formula is C15H11Cl3O3. The molecule has 0 aliphatic carbocycles. The highest BCUT2D eigenvalue weighted by molar-refractivity contribution is 6.48. The van der Waals surface area contributed by atoms with Crippen molar-refractivity contribution in [2.75, 3.05) is 7.11 Å². The van der Waals surface area contributed by atoms with E-state index in [1.165, 1.54) is 7.11 Å². The number of benzene rings is 2. The lowest BCUT2D eigenvalue weighted by atomic mass is 10.1. The van der Waals surface area contributed by atoms with Crippen molar-refractivity contribution in [3.63, 3.8) is 0 Å². The van der Waals surface area contributed by atoms with Gasteiger partial charge in [-0.1, -0.05) is 46.9 Å². The fraction of sp³-hybridized carbons (Fsp3) is 0.133. The minimum absolute atomic E-state index is 0.261. The second kappa shape index (κ2) is 7.03. The van der Waals surface area contributed by atoms with Gasteiger partial charge in [0.25, 0.3) is 0 Å². The summed E-state index contributed by atoms with van der Waals surface area (Å²) in [6, 6.07) is 10.2. The van der Waals surface area contributed by atoms with Crippen LogP contribution in [0.3, 0.4) is 0 Å². The van der Waals surface area contributed by atoms with Crippen LogP contribution in [-0.4, -0.2) is 13.1 Å². The van der Waals surface area contributed by atoms with Crippen LogP contribution >= 0.6 is 34.8 Å². The van der Waals surface area contributed by atoms with E-state index in [9.17, 15) is 4.79 Å². The van der Waals surface area contributed by atoms with Crippen LogP contribution in [-0.2, 0) is 11.3 Å². The smallest absolute Gasteiger partial charge is 0.337 e. The summed E-state index contributed by atoms with van der Waals surface area (Å²) in [6.07, 6.45) is 0. The van der Waals surface area contributed by atoms with E-state index in [4.69, 9.17) is 39.5 Å². The van der Waals surface area contributed by atoms with Crippen molar-refractivity contribution in [2.45, 2.75) is 6.61 Å². The third-order valence-corrected chi connectivity index (χ3v) is 4.05. The van der Waals surface area contributed by atoms with Gasteiger partial charge in [0.15, 0.2) is 0 Å². The number of ether oxygens (including phenoxy) is 2. The molecule has 0 aromatic heterocycles. The lowest BCUT2D eigenvalue weighted by molar-refractivity contribution is 0.0600. The summed E-state index contributed by atoms with van der Waals surface area (Å²) < 4.78 is 10.2. The lowest BCUT2D eigenvalue weighted by Gasteiger charge is -2.10. The second-order valence-corrected chi connectivity index (χ2v) is 5.31. The van der Waals surface area contributed by atoms with Crippen LogP contribution < -0.4 is 4.74 Å². The molecule has 2 aromatic rings. The third-order valence-electron chi connectivity index (χ3n) is 2.77. The minimum atomic E-state index is -0.380. The maximum absolute atomic E-state index is 11.3. The van der Waals surface area contributed by atoms with Gasteiger partial charge < -0.3 is 9.47 Å². The van der Waals surface area contributed by atoms with Crippen molar-refractivity contribution < 1.29 is 14.3 Å². The fourth-order valence-corrected chi connectivity index (χ4v) is 2.22. The molecule has 0 fully saturated rings. The number of halogens is 3. The number of hydrogen-bond donors (Lipinski definition) is 0. The van der Waals surface area contributed by atoms with Crippen molar-refractivity contribution >= 4 is 40.8 Å². The zero-order valence-electron chi connectivity index (χ0n) is 11.0. The van der Waals surface area contributed by atoms with Crippen molar-refractivity contribution in [3.05, 3.63) is 62.6 Å². The molecule has 0 atom stereocenters. The minimum Gasteiger partial charge on any atom is -0.487 e. The number of rotatable bonds is 4. The van der Waals surface area contributed by atoms with Crippen molar-refractivity contribution in [3.8, 4) is 5.75 Å². The number of carbonyl (C=O) groups excluding carboxylic acids is 1. The largest absolute Gasteiger partial charge is 0.487 e. The third kappa shape index (κ3) is 3.82. The zero-order chi connectivity index (χ0) is 15.4. The topological polar surface area (TPSA) is 35.5 Å². The average molecular weight is 346 g/mol. The predicted molar refractivity (Wildman–Crippen MR) is 83.6 cm³/mol. The first-order chi connectivity index (χ1) is 10.0. The van der Waals surface area contributed by atoms with Crippen LogP contribution in [0.15, 0.2) is 36.4 Å². The highest BCUT2D eigenvalue weighted by Crippen LogP contribution is 2.37. The van der Waals surface area contributed by atoms with E-state index >= 15 is 0 Å². The van der Waals surface area contributed by atoms with Crippen LogP contribution in [0.4, 0.5) is 0 Å². The summed E-state index contributed by atoms with van der Waals surface area (Å²) in [6.45, 7) is 0.291. The van der Waals surface area contributed by atoms with Gasteiger partial charge in [0, 0.05) is 0 Å². The normalized spacial score (nSPS) is 10.3. The van der Waals surface area contributed by atoms with Crippen LogP contribution in [0.2, 0.25) is 15.1 Å². The molecule has 0 aliphatic rings. The van der Waals surface area contributed by atoms with E-state index in [-0.39, 0.29) is 16.0 Å². The highest BCUT2D eigenvalue weighted by atomic mass is 35.5. The van der Waals surface area contributed by atoms with Crippen molar-refractivity contribution in [1.29, 1.82) is 0 Å².